The highest BCUT2D eigenvalue weighted by Gasteiger charge is 2.25. The van der Waals surface area contributed by atoms with Gasteiger partial charge in [0.1, 0.15) is 5.82 Å². The van der Waals surface area contributed by atoms with Crippen LogP contribution in [0.4, 0.5) is 8.78 Å². The number of nitrogens with one attached hydrogen (secondary N) is 2. The minimum Gasteiger partial charge on any atom is -0.341 e. The SMILES string of the molecule is CC1CCCNC1c1nc2cc(F)c(F)cc2[nH]1. The van der Waals surface area contributed by atoms with Gasteiger partial charge in [0.05, 0.1) is 17.1 Å². The lowest BCUT2D eigenvalue weighted by molar-refractivity contribution is 0.296. The summed E-state index contributed by atoms with van der Waals surface area (Å²) in [5.41, 5.74) is 1.02. The average molecular weight is 251 g/mol. The molecule has 1 aliphatic heterocycles. The fourth-order valence-corrected chi connectivity index (χ4v) is 2.59. The number of rotatable bonds is 1. The molecule has 96 valence electrons. The van der Waals surface area contributed by atoms with Gasteiger partial charge in [0, 0.05) is 12.1 Å². The highest BCUT2D eigenvalue weighted by Crippen LogP contribution is 2.28. The van der Waals surface area contributed by atoms with Crippen LogP contribution in [0.15, 0.2) is 12.1 Å². The summed E-state index contributed by atoms with van der Waals surface area (Å²) in [5, 5.41) is 3.39. The third kappa shape index (κ3) is 1.88. The number of fused-ring (bicyclic) bond motifs is 1. The van der Waals surface area contributed by atoms with Gasteiger partial charge >= 0.3 is 0 Å². The Hall–Kier alpha value is -1.49. The lowest BCUT2D eigenvalue weighted by atomic mass is 9.92. The molecule has 3 rings (SSSR count). The van der Waals surface area contributed by atoms with E-state index in [4.69, 9.17) is 0 Å². The third-order valence-electron chi connectivity index (χ3n) is 3.61. The van der Waals surface area contributed by atoms with Crippen LogP contribution in [0, 0.1) is 17.6 Å². The molecule has 0 bridgehead atoms. The first-order chi connectivity index (χ1) is 8.65. The Kier molecular flexibility index (Phi) is 2.78. The van der Waals surface area contributed by atoms with E-state index in [9.17, 15) is 8.78 Å². The van der Waals surface area contributed by atoms with Gasteiger partial charge in [-0.3, -0.25) is 0 Å². The van der Waals surface area contributed by atoms with Crippen molar-refractivity contribution < 1.29 is 8.78 Å². The van der Waals surface area contributed by atoms with Crippen molar-refractivity contribution in [2.75, 3.05) is 6.54 Å². The molecule has 5 heteroatoms. The second kappa shape index (κ2) is 4.31. The normalized spacial score (nSPS) is 24.6. The van der Waals surface area contributed by atoms with E-state index in [0.29, 0.717) is 17.0 Å². The highest BCUT2D eigenvalue weighted by atomic mass is 19.2. The highest BCUT2D eigenvalue weighted by molar-refractivity contribution is 5.75. The van der Waals surface area contributed by atoms with E-state index in [1.54, 1.807) is 0 Å². The van der Waals surface area contributed by atoms with Gasteiger partial charge in [-0.05, 0) is 25.3 Å². The van der Waals surface area contributed by atoms with Crippen LogP contribution in [0.25, 0.3) is 11.0 Å². The quantitative estimate of drug-likeness (QED) is 0.818. The van der Waals surface area contributed by atoms with Gasteiger partial charge in [-0.15, -0.1) is 0 Å². The summed E-state index contributed by atoms with van der Waals surface area (Å²) in [6, 6.07) is 2.43. The number of hydrogen-bond acceptors (Lipinski definition) is 2. The Morgan fingerprint density at radius 1 is 1.28 bits per heavy atom. The molecule has 2 N–H and O–H groups in total. The van der Waals surface area contributed by atoms with Gasteiger partial charge in [-0.1, -0.05) is 6.92 Å². The molecule has 1 aromatic heterocycles. The summed E-state index contributed by atoms with van der Waals surface area (Å²) < 4.78 is 26.3. The lowest BCUT2D eigenvalue weighted by Gasteiger charge is -2.28. The van der Waals surface area contributed by atoms with Crippen LogP contribution in [0.5, 0.6) is 0 Å². The van der Waals surface area contributed by atoms with Gasteiger partial charge in [-0.25, -0.2) is 13.8 Å². The van der Waals surface area contributed by atoms with Crippen molar-refractivity contribution in [1.82, 2.24) is 15.3 Å². The minimum atomic E-state index is -0.856. The molecule has 3 nitrogen and oxygen atoms in total. The van der Waals surface area contributed by atoms with Crippen LogP contribution in [-0.4, -0.2) is 16.5 Å². The van der Waals surface area contributed by atoms with Crippen molar-refractivity contribution in [2.24, 2.45) is 5.92 Å². The largest absolute Gasteiger partial charge is 0.341 e. The number of H-pyrrole nitrogens is 1. The maximum absolute atomic E-state index is 13.1. The second-order valence-corrected chi connectivity index (χ2v) is 4.96. The number of nitrogens with zero attached hydrogens (tertiary/aromatic N) is 1. The summed E-state index contributed by atoms with van der Waals surface area (Å²) in [5.74, 6) is -0.469. The Morgan fingerprint density at radius 3 is 2.83 bits per heavy atom. The third-order valence-corrected chi connectivity index (χ3v) is 3.61. The van der Waals surface area contributed by atoms with Crippen LogP contribution in [-0.2, 0) is 0 Å². The Bertz CT molecular complexity index is 540. The van der Waals surface area contributed by atoms with Gasteiger partial charge in [0.25, 0.3) is 0 Å². The first-order valence-corrected chi connectivity index (χ1v) is 6.23. The van der Waals surface area contributed by atoms with E-state index in [1.165, 1.54) is 0 Å². The fraction of sp³-hybridized carbons (Fsp3) is 0.462. The summed E-state index contributed by atoms with van der Waals surface area (Å²) in [7, 11) is 0. The summed E-state index contributed by atoms with van der Waals surface area (Å²) in [4.78, 5) is 7.45. The van der Waals surface area contributed by atoms with Gasteiger partial charge < -0.3 is 10.3 Å². The summed E-state index contributed by atoms with van der Waals surface area (Å²) in [6.45, 7) is 3.11. The van der Waals surface area contributed by atoms with Gasteiger partial charge in [0.15, 0.2) is 11.6 Å². The monoisotopic (exact) mass is 251 g/mol. The van der Waals surface area contributed by atoms with E-state index in [0.717, 1.165) is 37.3 Å². The van der Waals surface area contributed by atoms with E-state index < -0.39 is 11.6 Å². The molecule has 2 aromatic rings. The number of benzene rings is 1. The molecule has 2 heterocycles. The van der Waals surface area contributed by atoms with Crippen molar-refractivity contribution >= 4 is 11.0 Å². The first kappa shape index (κ1) is 11.6. The van der Waals surface area contributed by atoms with Crippen molar-refractivity contribution in [3.63, 3.8) is 0 Å². The van der Waals surface area contributed by atoms with Crippen LogP contribution in [0.3, 0.4) is 0 Å². The molecule has 1 aromatic carbocycles. The molecule has 0 radical (unpaired) electrons. The first-order valence-electron chi connectivity index (χ1n) is 6.23. The fourth-order valence-electron chi connectivity index (χ4n) is 2.59. The van der Waals surface area contributed by atoms with E-state index in [-0.39, 0.29) is 6.04 Å². The van der Waals surface area contributed by atoms with Crippen LogP contribution in [0.2, 0.25) is 0 Å². The van der Waals surface area contributed by atoms with E-state index in [1.807, 2.05) is 0 Å². The molecule has 1 saturated heterocycles. The molecular weight excluding hydrogens is 236 g/mol. The van der Waals surface area contributed by atoms with Crippen molar-refractivity contribution in [2.45, 2.75) is 25.8 Å². The number of halogens is 2. The molecule has 2 atom stereocenters. The van der Waals surface area contributed by atoms with Crippen LogP contribution in [0.1, 0.15) is 31.6 Å². The molecule has 2 unspecified atom stereocenters. The molecular formula is C13H15F2N3. The van der Waals surface area contributed by atoms with Gasteiger partial charge in [0.2, 0.25) is 0 Å². The van der Waals surface area contributed by atoms with Crippen molar-refractivity contribution in [1.29, 1.82) is 0 Å². The molecule has 0 spiro atoms. The molecule has 1 aliphatic rings. The van der Waals surface area contributed by atoms with E-state index in [2.05, 4.69) is 22.2 Å². The predicted molar refractivity (Wildman–Crippen MR) is 65.2 cm³/mol. The smallest absolute Gasteiger partial charge is 0.161 e. The maximum Gasteiger partial charge on any atom is 0.161 e. The topological polar surface area (TPSA) is 40.7 Å². The molecule has 18 heavy (non-hydrogen) atoms. The molecule has 0 amide bonds. The number of piperidine rings is 1. The zero-order valence-electron chi connectivity index (χ0n) is 10.1. The zero-order valence-corrected chi connectivity index (χ0v) is 10.1. The number of aromatic amines is 1. The lowest BCUT2D eigenvalue weighted by Crippen LogP contribution is -2.33. The number of aromatic nitrogens is 2. The molecule has 1 fully saturated rings. The molecule has 0 saturated carbocycles. The average Bonchev–Trinajstić information content (AvgIpc) is 2.73. The summed E-state index contributed by atoms with van der Waals surface area (Å²) in [6.07, 6.45) is 2.29. The number of imidazole rings is 1. The number of hydrogen-bond donors (Lipinski definition) is 2. The standard InChI is InChI=1S/C13H15F2N3/c1-7-3-2-4-16-12(7)13-17-10-5-8(14)9(15)6-11(10)18-13/h5-7,12,16H,2-4H2,1H3,(H,17,18). The van der Waals surface area contributed by atoms with Gasteiger partial charge in [-0.2, -0.15) is 0 Å². The minimum absolute atomic E-state index is 0.136. The summed E-state index contributed by atoms with van der Waals surface area (Å²) >= 11 is 0. The van der Waals surface area contributed by atoms with Crippen molar-refractivity contribution in [3.05, 3.63) is 29.6 Å². The maximum atomic E-state index is 13.1. The van der Waals surface area contributed by atoms with Crippen molar-refractivity contribution in [3.8, 4) is 0 Å². The molecule has 0 aliphatic carbocycles. The second-order valence-electron chi connectivity index (χ2n) is 4.96. The Labute approximate surface area is 104 Å². The Balaban J connectivity index is 2.02. The predicted octanol–water partition coefficient (Wildman–Crippen LogP) is 2.90. The van der Waals surface area contributed by atoms with E-state index >= 15 is 0 Å². The van der Waals surface area contributed by atoms with Crippen LogP contribution >= 0.6 is 0 Å². The van der Waals surface area contributed by atoms with Crippen LogP contribution < -0.4 is 5.32 Å². The Morgan fingerprint density at radius 2 is 2.06 bits per heavy atom. The zero-order chi connectivity index (χ0) is 12.7.